The van der Waals surface area contributed by atoms with Gasteiger partial charge in [-0.05, 0) is 49.2 Å². The van der Waals surface area contributed by atoms with Crippen LogP contribution in [-0.4, -0.2) is 66.3 Å². The number of benzene rings is 2. The van der Waals surface area contributed by atoms with Crippen molar-refractivity contribution in [1.29, 1.82) is 0 Å². The Morgan fingerprint density at radius 3 is 2.52 bits per heavy atom. The zero-order chi connectivity index (χ0) is 21.0. The summed E-state index contributed by atoms with van der Waals surface area (Å²) in [6.07, 6.45) is 2.03. The minimum Gasteiger partial charge on any atom is -0.492 e. The number of carbonyl (C=O) groups excluding carboxylic acids is 1. The topological polar surface area (TPSA) is 77.3 Å². The predicted molar refractivity (Wildman–Crippen MR) is 114 cm³/mol. The van der Waals surface area contributed by atoms with Crippen molar-refractivity contribution < 1.29 is 23.4 Å². The number of carbonyl (C=O) groups is 1. The molecule has 0 aliphatic carbocycles. The molecule has 0 unspecified atom stereocenters. The van der Waals surface area contributed by atoms with Crippen molar-refractivity contribution in [3.8, 4) is 17.6 Å². The van der Waals surface area contributed by atoms with Crippen molar-refractivity contribution in [2.24, 2.45) is 0 Å². The summed E-state index contributed by atoms with van der Waals surface area (Å²) in [6, 6.07) is 15.3. The summed E-state index contributed by atoms with van der Waals surface area (Å²) >= 11 is 0. The van der Waals surface area contributed by atoms with Gasteiger partial charge in [0, 0.05) is 25.7 Å². The number of cyclic esters (lactones) is 1. The van der Waals surface area contributed by atoms with E-state index in [1.54, 1.807) is 0 Å². The van der Waals surface area contributed by atoms with Gasteiger partial charge in [0.05, 0.1) is 6.54 Å². The number of ether oxygens (including phenoxy) is 3. The SMILES string of the molecule is O=C1OCCN1C1CCN(CCOc2ccc(Oc3nc4ccccc4o3)cc2)CC1. The van der Waals surface area contributed by atoms with E-state index < -0.39 is 0 Å². The number of piperidine rings is 1. The third-order valence-corrected chi connectivity index (χ3v) is 5.77. The molecule has 2 aliphatic heterocycles. The highest BCUT2D eigenvalue weighted by molar-refractivity contribution is 5.72. The molecule has 31 heavy (non-hydrogen) atoms. The van der Waals surface area contributed by atoms with Crippen molar-refractivity contribution in [2.45, 2.75) is 18.9 Å². The number of nitrogens with zero attached hydrogens (tertiary/aromatic N) is 3. The Kier molecular flexibility index (Phi) is 5.62. The highest BCUT2D eigenvalue weighted by atomic mass is 16.6. The van der Waals surface area contributed by atoms with E-state index in [4.69, 9.17) is 18.6 Å². The third-order valence-electron chi connectivity index (χ3n) is 5.77. The molecule has 0 atom stereocenters. The molecular weight excluding hydrogens is 398 g/mol. The van der Waals surface area contributed by atoms with Crippen LogP contribution in [0, 0.1) is 0 Å². The minimum absolute atomic E-state index is 0.162. The van der Waals surface area contributed by atoms with Crippen LogP contribution in [0.3, 0.4) is 0 Å². The van der Waals surface area contributed by atoms with E-state index in [0.717, 1.165) is 50.3 Å². The number of hydrogen-bond acceptors (Lipinski definition) is 7. The smallest absolute Gasteiger partial charge is 0.410 e. The maximum atomic E-state index is 11.7. The maximum Gasteiger partial charge on any atom is 0.410 e. The molecule has 0 saturated carbocycles. The van der Waals surface area contributed by atoms with Crippen LogP contribution < -0.4 is 9.47 Å². The number of rotatable bonds is 7. The standard InChI is InChI=1S/C23H25N3O5/c27-23-26(14-16-29-23)17-9-11-25(12-10-17)13-15-28-18-5-7-19(8-6-18)30-22-24-20-3-1-2-4-21(20)31-22/h1-8,17H,9-16H2. The van der Waals surface area contributed by atoms with Crippen molar-refractivity contribution in [1.82, 2.24) is 14.8 Å². The summed E-state index contributed by atoms with van der Waals surface area (Å²) in [6.45, 7) is 4.65. The van der Waals surface area contributed by atoms with E-state index in [1.807, 2.05) is 53.4 Å². The second-order valence-electron chi connectivity index (χ2n) is 7.75. The van der Waals surface area contributed by atoms with Gasteiger partial charge in [0.1, 0.15) is 30.2 Å². The van der Waals surface area contributed by atoms with Gasteiger partial charge in [-0.25, -0.2) is 4.79 Å². The number of likely N-dealkylation sites (tertiary alicyclic amines) is 1. The maximum absolute atomic E-state index is 11.7. The zero-order valence-electron chi connectivity index (χ0n) is 17.2. The molecule has 1 amide bonds. The molecule has 2 saturated heterocycles. The lowest BCUT2D eigenvalue weighted by Gasteiger charge is -2.35. The number of amides is 1. The van der Waals surface area contributed by atoms with Crippen molar-refractivity contribution in [2.75, 3.05) is 39.4 Å². The molecule has 2 aromatic carbocycles. The van der Waals surface area contributed by atoms with Crippen LogP contribution in [0.2, 0.25) is 0 Å². The van der Waals surface area contributed by atoms with Gasteiger partial charge in [-0.1, -0.05) is 12.1 Å². The predicted octanol–water partition coefficient (Wildman–Crippen LogP) is 3.92. The molecule has 5 rings (SSSR count). The van der Waals surface area contributed by atoms with Crippen LogP contribution in [0.1, 0.15) is 12.8 Å². The van der Waals surface area contributed by atoms with Crippen molar-refractivity contribution >= 4 is 17.2 Å². The molecule has 0 N–H and O–H groups in total. The van der Waals surface area contributed by atoms with Crippen LogP contribution >= 0.6 is 0 Å². The average molecular weight is 423 g/mol. The molecular formula is C23H25N3O5. The molecule has 3 heterocycles. The average Bonchev–Trinajstić information content (AvgIpc) is 3.41. The van der Waals surface area contributed by atoms with Gasteiger partial charge >= 0.3 is 12.2 Å². The molecule has 3 aromatic rings. The molecule has 2 aliphatic rings. The lowest BCUT2D eigenvalue weighted by atomic mass is 10.0. The summed E-state index contributed by atoms with van der Waals surface area (Å²) in [7, 11) is 0. The van der Waals surface area contributed by atoms with Crippen molar-refractivity contribution in [3.05, 3.63) is 48.5 Å². The normalized spacial score (nSPS) is 17.8. The molecule has 162 valence electrons. The Morgan fingerprint density at radius 1 is 1.00 bits per heavy atom. The van der Waals surface area contributed by atoms with Crippen molar-refractivity contribution in [3.63, 3.8) is 0 Å². The summed E-state index contributed by atoms with van der Waals surface area (Å²) in [5, 5.41) is 0. The van der Waals surface area contributed by atoms with Gasteiger partial charge in [-0.3, -0.25) is 4.90 Å². The van der Waals surface area contributed by atoms with Crippen LogP contribution in [-0.2, 0) is 4.74 Å². The molecule has 2 fully saturated rings. The van der Waals surface area contributed by atoms with E-state index in [1.165, 1.54) is 0 Å². The second kappa shape index (κ2) is 8.85. The Bertz CT molecular complexity index is 994. The molecule has 0 bridgehead atoms. The highest BCUT2D eigenvalue weighted by Gasteiger charge is 2.32. The van der Waals surface area contributed by atoms with E-state index in [0.29, 0.717) is 30.6 Å². The zero-order valence-corrected chi connectivity index (χ0v) is 17.2. The van der Waals surface area contributed by atoms with E-state index in [9.17, 15) is 4.79 Å². The van der Waals surface area contributed by atoms with Gasteiger partial charge in [-0.15, -0.1) is 0 Å². The second-order valence-corrected chi connectivity index (χ2v) is 7.75. The Morgan fingerprint density at radius 2 is 1.77 bits per heavy atom. The molecule has 8 heteroatoms. The first-order valence-electron chi connectivity index (χ1n) is 10.7. The third kappa shape index (κ3) is 4.59. The van der Waals surface area contributed by atoms with Gasteiger partial charge in [0.25, 0.3) is 0 Å². The minimum atomic E-state index is -0.162. The molecule has 0 radical (unpaired) electrons. The van der Waals surface area contributed by atoms with Gasteiger partial charge in [0.2, 0.25) is 0 Å². The van der Waals surface area contributed by atoms with Crippen LogP contribution in [0.15, 0.2) is 52.9 Å². The fraction of sp³-hybridized carbons (Fsp3) is 0.391. The van der Waals surface area contributed by atoms with E-state index >= 15 is 0 Å². The first-order chi connectivity index (χ1) is 15.2. The van der Waals surface area contributed by atoms with Crippen LogP contribution in [0.5, 0.6) is 17.6 Å². The number of para-hydroxylation sites is 2. The van der Waals surface area contributed by atoms with E-state index in [-0.39, 0.29) is 12.2 Å². The Hall–Kier alpha value is -3.26. The van der Waals surface area contributed by atoms with Gasteiger partial charge in [-0.2, -0.15) is 4.98 Å². The van der Waals surface area contributed by atoms with Gasteiger partial charge < -0.3 is 23.5 Å². The molecule has 1 aromatic heterocycles. The number of fused-ring (bicyclic) bond motifs is 1. The summed E-state index contributed by atoms with van der Waals surface area (Å²) < 4.78 is 22.2. The first-order valence-corrected chi connectivity index (χ1v) is 10.7. The number of aromatic nitrogens is 1. The fourth-order valence-corrected chi connectivity index (χ4v) is 4.08. The fourth-order valence-electron chi connectivity index (χ4n) is 4.08. The first kappa shape index (κ1) is 19.7. The molecule has 8 nitrogen and oxygen atoms in total. The van der Waals surface area contributed by atoms with E-state index in [2.05, 4.69) is 9.88 Å². The summed E-state index contributed by atoms with van der Waals surface area (Å²) in [5.41, 5.74) is 1.46. The number of hydrogen-bond donors (Lipinski definition) is 0. The van der Waals surface area contributed by atoms with Crippen LogP contribution in [0.25, 0.3) is 11.1 Å². The lowest BCUT2D eigenvalue weighted by molar-refractivity contribution is 0.110. The largest absolute Gasteiger partial charge is 0.492 e. The number of oxazole rings is 1. The summed E-state index contributed by atoms with van der Waals surface area (Å²) in [5.74, 6) is 1.43. The Labute approximate surface area is 180 Å². The highest BCUT2D eigenvalue weighted by Crippen LogP contribution is 2.26. The Balaban J connectivity index is 1.06. The summed E-state index contributed by atoms with van der Waals surface area (Å²) in [4.78, 5) is 20.3. The van der Waals surface area contributed by atoms with Crippen LogP contribution in [0.4, 0.5) is 4.79 Å². The van der Waals surface area contributed by atoms with Gasteiger partial charge in [0.15, 0.2) is 5.58 Å². The lowest BCUT2D eigenvalue weighted by Crippen LogP contribution is -2.46. The molecule has 0 spiro atoms. The quantitative estimate of drug-likeness (QED) is 0.570. The monoisotopic (exact) mass is 423 g/mol.